The largest absolute Gasteiger partial charge is 0.0881 e. The summed E-state index contributed by atoms with van der Waals surface area (Å²) in [4.78, 5) is 0.807. The van der Waals surface area contributed by atoms with Crippen LogP contribution in [0.4, 0.5) is 0 Å². The Balaban J connectivity index is 1.88. The van der Waals surface area contributed by atoms with Gasteiger partial charge in [-0.05, 0) is 53.3 Å². The molecule has 0 aromatic carbocycles. The van der Waals surface area contributed by atoms with Crippen molar-refractivity contribution in [1.82, 2.24) is 0 Å². The molecule has 0 aromatic heterocycles. The van der Waals surface area contributed by atoms with E-state index in [1.807, 2.05) is 0 Å². The van der Waals surface area contributed by atoms with Crippen LogP contribution in [0.5, 0.6) is 0 Å². The summed E-state index contributed by atoms with van der Waals surface area (Å²) in [7, 11) is 0. The molecule has 6 rings (SSSR count). The van der Waals surface area contributed by atoms with Gasteiger partial charge in [0.1, 0.15) is 0 Å². The van der Waals surface area contributed by atoms with Gasteiger partial charge in [0.05, 0.1) is 3.23 Å². The van der Waals surface area contributed by atoms with Gasteiger partial charge in [-0.2, -0.15) is 0 Å². The van der Waals surface area contributed by atoms with E-state index >= 15 is 0 Å². The van der Waals surface area contributed by atoms with Crippen LogP contribution in [-0.2, 0) is 0 Å². The van der Waals surface area contributed by atoms with Gasteiger partial charge < -0.3 is 0 Å². The molecule has 0 aromatic rings. The van der Waals surface area contributed by atoms with Crippen LogP contribution in [0.1, 0.15) is 13.3 Å². The molecule has 6 saturated carbocycles. The highest BCUT2D eigenvalue weighted by atomic mass is 79.9. The summed E-state index contributed by atoms with van der Waals surface area (Å²) in [5, 5.41) is 0. The molecule has 82 valence electrons. The highest BCUT2D eigenvalue weighted by molar-refractivity contribution is 9.25. The third-order valence-corrected chi connectivity index (χ3v) is 10.5. The zero-order valence-corrected chi connectivity index (χ0v) is 13.2. The Hall–Kier alpha value is 1.44. The van der Waals surface area contributed by atoms with Crippen molar-refractivity contribution >= 4 is 47.8 Å². The first kappa shape index (κ1) is 9.38. The number of hydrogen-bond donors (Lipinski definition) is 0. The number of halogens is 3. The van der Waals surface area contributed by atoms with Crippen LogP contribution in [0, 0.1) is 46.8 Å². The van der Waals surface area contributed by atoms with Crippen LogP contribution in [-0.4, -0.2) is 8.06 Å². The van der Waals surface area contributed by atoms with Gasteiger partial charge in [-0.3, -0.25) is 0 Å². The molecular formula is C12H13Br3. The van der Waals surface area contributed by atoms with Crippen molar-refractivity contribution in [2.45, 2.75) is 21.4 Å². The molecule has 6 bridgehead atoms. The van der Waals surface area contributed by atoms with E-state index in [4.69, 9.17) is 0 Å². The summed E-state index contributed by atoms with van der Waals surface area (Å²) in [5.41, 5.74) is 0.588. The first-order chi connectivity index (χ1) is 7.00. The topological polar surface area (TPSA) is 0 Å². The van der Waals surface area contributed by atoms with Crippen molar-refractivity contribution in [1.29, 1.82) is 0 Å². The highest BCUT2D eigenvalue weighted by Gasteiger charge is 2.90. The molecule has 0 saturated heterocycles. The number of hydrogen-bond acceptors (Lipinski definition) is 0. The first-order valence-electron chi connectivity index (χ1n) is 6.02. The SMILES string of the molecule is CC12C3C4CC5C(C4[C@@H]1Br)C2C(Br)(Br)C53. The van der Waals surface area contributed by atoms with Crippen LogP contribution < -0.4 is 0 Å². The molecule has 6 fully saturated rings. The Morgan fingerprint density at radius 3 is 2.40 bits per heavy atom. The van der Waals surface area contributed by atoms with E-state index in [-0.39, 0.29) is 0 Å². The lowest BCUT2D eigenvalue weighted by Crippen LogP contribution is -2.37. The smallest absolute Gasteiger partial charge is 0.0875 e. The highest BCUT2D eigenvalue weighted by Crippen LogP contribution is 2.92. The maximum absolute atomic E-state index is 4.05. The van der Waals surface area contributed by atoms with Crippen LogP contribution in [0.15, 0.2) is 0 Å². The van der Waals surface area contributed by atoms with Crippen molar-refractivity contribution in [2.24, 2.45) is 46.8 Å². The van der Waals surface area contributed by atoms with E-state index in [2.05, 4.69) is 54.7 Å². The standard InChI is InChI=1S/C12H13Br3/c1-11-7-4-2-3-5(6(4)10(11)13)9(11)12(14,15)8(3)7/h3-10H,2H2,1H3/t3?,4?,5?,6?,7?,8?,9?,10-,11?/m0/s1. The van der Waals surface area contributed by atoms with Crippen molar-refractivity contribution in [2.75, 3.05) is 0 Å². The van der Waals surface area contributed by atoms with Gasteiger partial charge in [-0.25, -0.2) is 0 Å². The molecule has 6 aliphatic carbocycles. The summed E-state index contributed by atoms with van der Waals surface area (Å²) in [6.07, 6.45) is 1.54. The lowest BCUT2D eigenvalue weighted by Gasteiger charge is -2.40. The summed E-state index contributed by atoms with van der Waals surface area (Å²) in [6.45, 7) is 2.56. The molecule has 0 N–H and O–H groups in total. The average molecular weight is 397 g/mol. The van der Waals surface area contributed by atoms with E-state index in [1.165, 1.54) is 6.42 Å². The number of alkyl halides is 3. The summed E-state index contributed by atoms with van der Waals surface area (Å²) >= 11 is 12.2. The van der Waals surface area contributed by atoms with Crippen molar-refractivity contribution in [3.05, 3.63) is 0 Å². The molecule has 0 nitrogen and oxygen atoms in total. The van der Waals surface area contributed by atoms with Crippen molar-refractivity contribution < 1.29 is 0 Å². The fourth-order valence-corrected chi connectivity index (χ4v) is 11.2. The third kappa shape index (κ3) is 0.613. The molecule has 0 radical (unpaired) electrons. The predicted octanol–water partition coefficient (Wildman–Crippen LogP) is 4.01. The Morgan fingerprint density at radius 1 is 1.07 bits per heavy atom. The monoisotopic (exact) mass is 394 g/mol. The molecule has 0 aliphatic heterocycles. The third-order valence-electron chi connectivity index (χ3n) is 6.85. The lowest BCUT2D eigenvalue weighted by atomic mass is 9.64. The number of rotatable bonds is 0. The van der Waals surface area contributed by atoms with Crippen LogP contribution in [0.2, 0.25) is 0 Å². The van der Waals surface area contributed by atoms with Crippen LogP contribution in [0.3, 0.4) is 0 Å². The van der Waals surface area contributed by atoms with E-state index < -0.39 is 0 Å². The summed E-state index contributed by atoms with van der Waals surface area (Å²) in [5.74, 6) is 6.98. The Morgan fingerprint density at radius 2 is 1.73 bits per heavy atom. The van der Waals surface area contributed by atoms with Gasteiger partial charge in [0.15, 0.2) is 0 Å². The molecule has 0 heterocycles. The lowest BCUT2D eigenvalue weighted by molar-refractivity contribution is 0.0700. The maximum atomic E-state index is 4.05. The normalized spacial score (nSPS) is 79.2. The second kappa shape index (κ2) is 2.18. The van der Waals surface area contributed by atoms with Gasteiger partial charge >= 0.3 is 0 Å². The van der Waals surface area contributed by atoms with E-state index in [0.29, 0.717) is 8.65 Å². The molecule has 6 aliphatic rings. The molecule has 0 amide bonds. The van der Waals surface area contributed by atoms with E-state index in [1.54, 1.807) is 0 Å². The van der Waals surface area contributed by atoms with Gasteiger partial charge in [-0.1, -0.05) is 54.7 Å². The predicted molar refractivity (Wildman–Crippen MR) is 70.5 cm³/mol. The second-order valence-electron chi connectivity index (χ2n) is 6.69. The Bertz CT molecular complexity index is 390. The molecule has 9 atom stereocenters. The van der Waals surface area contributed by atoms with Crippen molar-refractivity contribution in [3.63, 3.8) is 0 Å². The van der Waals surface area contributed by atoms with Gasteiger partial charge in [-0.15, -0.1) is 0 Å². The fourth-order valence-electron chi connectivity index (χ4n) is 7.03. The summed E-state index contributed by atoms with van der Waals surface area (Å²) in [6, 6.07) is 0. The molecular weight excluding hydrogens is 384 g/mol. The second-order valence-corrected chi connectivity index (χ2v) is 11.4. The summed E-state index contributed by atoms with van der Waals surface area (Å²) < 4.78 is 0.292. The van der Waals surface area contributed by atoms with Crippen LogP contribution in [0.25, 0.3) is 0 Å². The Labute approximate surface area is 115 Å². The maximum Gasteiger partial charge on any atom is 0.0875 e. The minimum absolute atomic E-state index is 0.292. The fraction of sp³-hybridized carbons (Fsp3) is 1.00. The van der Waals surface area contributed by atoms with Gasteiger partial charge in [0.25, 0.3) is 0 Å². The van der Waals surface area contributed by atoms with Gasteiger partial charge in [0, 0.05) is 4.83 Å². The van der Waals surface area contributed by atoms with E-state index in [9.17, 15) is 0 Å². The minimum Gasteiger partial charge on any atom is -0.0881 e. The molecule has 8 unspecified atom stereocenters. The Kier molecular flexibility index (Phi) is 1.36. The minimum atomic E-state index is 0.292. The molecule has 0 spiro atoms. The van der Waals surface area contributed by atoms with Crippen LogP contribution >= 0.6 is 47.8 Å². The molecule has 15 heavy (non-hydrogen) atoms. The first-order valence-corrected chi connectivity index (χ1v) is 8.52. The van der Waals surface area contributed by atoms with Crippen molar-refractivity contribution in [3.8, 4) is 0 Å². The quantitative estimate of drug-likeness (QED) is 0.543. The zero-order chi connectivity index (χ0) is 10.3. The molecule has 3 heteroatoms. The van der Waals surface area contributed by atoms with Gasteiger partial charge in [0.2, 0.25) is 0 Å². The zero-order valence-electron chi connectivity index (χ0n) is 8.46. The van der Waals surface area contributed by atoms with E-state index in [0.717, 1.165) is 46.3 Å². The average Bonchev–Trinajstić information content (AvgIpc) is 2.81.